The second-order valence-corrected chi connectivity index (χ2v) is 5.87. The first-order valence-electron chi connectivity index (χ1n) is 3.45. The second kappa shape index (κ2) is 3.34. The van der Waals surface area contributed by atoms with E-state index in [0.717, 1.165) is 18.3 Å². The summed E-state index contributed by atoms with van der Waals surface area (Å²) in [7, 11) is 0. The van der Waals surface area contributed by atoms with Gasteiger partial charge in [-0.1, -0.05) is 0 Å². The first-order chi connectivity index (χ1) is 4.64. The smallest absolute Gasteiger partial charge is 0.0678 e. The summed E-state index contributed by atoms with van der Waals surface area (Å²) in [4.78, 5) is 0. The molecule has 0 aromatic heterocycles. The molecule has 4 heteroatoms. The van der Waals surface area contributed by atoms with Gasteiger partial charge in [0.1, 0.15) is 0 Å². The Bertz CT molecular complexity index is 112. The summed E-state index contributed by atoms with van der Waals surface area (Å²) in [6.07, 6.45) is 0. The molecule has 1 atom stereocenters. The van der Waals surface area contributed by atoms with Crippen LogP contribution in [0, 0.1) is 0 Å². The molecule has 0 aromatic rings. The van der Waals surface area contributed by atoms with Crippen molar-refractivity contribution < 1.29 is 0 Å². The van der Waals surface area contributed by atoms with Gasteiger partial charge in [0.25, 0.3) is 0 Å². The van der Waals surface area contributed by atoms with E-state index < -0.39 is 0 Å². The predicted octanol–water partition coefficient (Wildman–Crippen LogP) is 0.296. The van der Waals surface area contributed by atoms with Gasteiger partial charge in [-0.25, -0.2) is 0 Å². The molecule has 1 fully saturated rings. The third kappa shape index (κ3) is 2.34. The molecule has 0 aliphatic carbocycles. The minimum absolute atomic E-state index is 0.0350. The fraction of sp³-hybridized carbons (Fsp3) is 1.00. The Morgan fingerprint density at radius 2 is 2.40 bits per heavy atom. The van der Waals surface area contributed by atoms with Crippen LogP contribution in [0.15, 0.2) is 0 Å². The molecule has 1 heterocycles. The van der Waals surface area contributed by atoms with Crippen molar-refractivity contribution in [1.82, 2.24) is 5.32 Å². The maximum absolute atomic E-state index is 5.52. The molecule has 10 heavy (non-hydrogen) atoms. The summed E-state index contributed by atoms with van der Waals surface area (Å²) in [5, 5.41) is 3.94. The van der Waals surface area contributed by atoms with E-state index in [2.05, 4.69) is 24.9 Å². The van der Waals surface area contributed by atoms with Crippen molar-refractivity contribution in [3.8, 4) is 0 Å². The number of nitrogens with one attached hydrogen (secondary N) is 1. The molecular formula is C6H14N2S2. The first-order valence-corrected chi connectivity index (χ1v) is 4.78. The van der Waals surface area contributed by atoms with E-state index >= 15 is 0 Å². The first kappa shape index (κ1) is 8.71. The topological polar surface area (TPSA) is 38.0 Å². The molecule has 1 saturated heterocycles. The fourth-order valence-corrected chi connectivity index (χ4v) is 2.42. The number of thioether (sulfide) groups is 1. The Kier molecular flexibility index (Phi) is 2.91. The van der Waals surface area contributed by atoms with E-state index in [9.17, 15) is 0 Å². The van der Waals surface area contributed by atoms with Crippen LogP contribution < -0.4 is 11.1 Å². The molecule has 0 aromatic carbocycles. The van der Waals surface area contributed by atoms with Crippen LogP contribution in [0.4, 0.5) is 0 Å². The minimum atomic E-state index is -0.0350. The number of rotatable bonds is 3. The summed E-state index contributed by atoms with van der Waals surface area (Å²) in [6.45, 7) is 4.93. The maximum Gasteiger partial charge on any atom is 0.0678 e. The largest absolute Gasteiger partial charge is 0.328 e. The van der Waals surface area contributed by atoms with E-state index in [0.29, 0.717) is 6.54 Å². The zero-order chi connectivity index (χ0) is 7.61. The highest BCUT2D eigenvalue weighted by atomic mass is 32.2. The molecule has 3 N–H and O–H groups in total. The molecule has 1 aliphatic rings. The normalized spacial score (nSPS) is 25.5. The van der Waals surface area contributed by atoms with E-state index in [1.165, 1.54) is 0 Å². The number of hydrogen-bond donors (Lipinski definition) is 3. The minimum Gasteiger partial charge on any atom is -0.328 e. The van der Waals surface area contributed by atoms with Crippen LogP contribution in [0.5, 0.6) is 0 Å². The van der Waals surface area contributed by atoms with Crippen molar-refractivity contribution in [1.29, 1.82) is 0 Å². The molecule has 1 rings (SSSR count). The van der Waals surface area contributed by atoms with Crippen molar-refractivity contribution in [2.24, 2.45) is 5.73 Å². The molecule has 0 spiro atoms. The monoisotopic (exact) mass is 178 g/mol. The lowest BCUT2D eigenvalue weighted by molar-refractivity contribution is 0.541. The average Bonchev–Trinajstić information content (AvgIpc) is 1.80. The zero-order valence-corrected chi connectivity index (χ0v) is 7.84. The standard InChI is InChI=1S/C6H14N2S2/c1-6(9,4-7)10-5-2-8-3-5/h5,8-9H,2-4,7H2,1H3. The van der Waals surface area contributed by atoms with Gasteiger partial charge >= 0.3 is 0 Å². The van der Waals surface area contributed by atoms with Crippen molar-refractivity contribution in [3.63, 3.8) is 0 Å². The molecule has 1 unspecified atom stereocenters. The molecule has 0 amide bonds. The van der Waals surface area contributed by atoms with Crippen LogP contribution in [-0.4, -0.2) is 29.0 Å². The van der Waals surface area contributed by atoms with Gasteiger partial charge in [-0.3, -0.25) is 0 Å². The molecule has 60 valence electrons. The summed E-state index contributed by atoms with van der Waals surface area (Å²) in [5.41, 5.74) is 5.52. The summed E-state index contributed by atoms with van der Waals surface area (Å²) >= 11 is 6.29. The summed E-state index contributed by atoms with van der Waals surface area (Å²) in [5.74, 6) is 0. The molecule has 1 aliphatic heterocycles. The highest BCUT2D eigenvalue weighted by molar-refractivity contribution is 8.12. The van der Waals surface area contributed by atoms with Gasteiger partial charge in [0.15, 0.2) is 0 Å². The van der Waals surface area contributed by atoms with Crippen molar-refractivity contribution in [2.45, 2.75) is 16.3 Å². The van der Waals surface area contributed by atoms with Gasteiger partial charge < -0.3 is 11.1 Å². The van der Waals surface area contributed by atoms with Crippen LogP contribution in [0.1, 0.15) is 6.92 Å². The van der Waals surface area contributed by atoms with E-state index in [1.807, 2.05) is 11.8 Å². The number of nitrogens with two attached hydrogens (primary N) is 1. The van der Waals surface area contributed by atoms with Crippen LogP contribution in [-0.2, 0) is 0 Å². The third-order valence-electron chi connectivity index (χ3n) is 1.54. The molecule has 0 bridgehead atoms. The molecule has 2 nitrogen and oxygen atoms in total. The predicted molar refractivity (Wildman–Crippen MR) is 50.7 cm³/mol. The van der Waals surface area contributed by atoms with Gasteiger partial charge in [-0.15, -0.1) is 11.8 Å². The van der Waals surface area contributed by atoms with Gasteiger partial charge in [-0.2, -0.15) is 12.6 Å². The van der Waals surface area contributed by atoms with Gasteiger partial charge in [0.2, 0.25) is 0 Å². The summed E-state index contributed by atoms with van der Waals surface area (Å²) < 4.78 is -0.0350. The number of thiol groups is 1. The van der Waals surface area contributed by atoms with E-state index in [-0.39, 0.29) is 4.08 Å². The Balaban J connectivity index is 2.21. The highest BCUT2D eigenvalue weighted by Crippen LogP contribution is 2.32. The third-order valence-corrected chi connectivity index (χ3v) is 3.38. The van der Waals surface area contributed by atoms with Crippen molar-refractivity contribution >= 4 is 24.4 Å². The quantitative estimate of drug-likeness (QED) is 0.430. The fourth-order valence-electron chi connectivity index (χ4n) is 0.753. The zero-order valence-electron chi connectivity index (χ0n) is 6.13. The highest BCUT2D eigenvalue weighted by Gasteiger charge is 2.26. The van der Waals surface area contributed by atoms with Gasteiger partial charge in [0, 0.05) is 24.9 Å². The van der Waals surface area contributed by atoms with E-state index in [4.69, 9.17) is 5.73 Å². The molecule has 0 radical (unpaired) electrons. The lowest BCUT2D eigenvalue weighted by Gasteiger charge is -2.33. The Hall–Kier alpha value is 0.620. The SMILES string of the molecule is CC(S)(CN)SC1CNC1. The lowest BCUT2D eigenvalue weighted by atomic mass is 10.3. The second-order valence-electron chi connectivity index (χ2n) is 2.78. The molecular weight excluding hydrogens is 164 g/mol. The van der Waals surface area contributed by atoms with Crippen LogP contribution >= 0.6 is 24.4 Å². The Morgan fingerprint density at radius 1 is 1.80 bits per heavy atom. The molecule has 0 saturated carbocycles. The summed E-state index contributed by atoms with van der Waals surface area (Å²) in [6, 6.07) is 0. The van der Waals surface area contributed by atoms with Gasteiger partial charge in [0.05, 0.1) is 4.08 Å². The van der Waals surface area contributed by atoms with Crippen LogP contribution in [0.25, 0.3) is 0 Å². The number of hydrogen-bond acceptors (Lipinski definition) is 4. The van der Waals surface area contributed by atoms with Crippen LogP contribution in [0.3, 0.4) is 0 Å². The average molecular weight is 178 g/mol. The Labute approximate surface area is 71.7 Å². The lowest BCUT2D eigenvalue weighted by Crippen LogP contribution is -2.47. The van der Waals surface area contributed by atoms with Crippen molar-refractivity contribution in [2.75, 3.05) is 19.6 Å². The van der Waals surface area contributed by atoms with Crippen LogP contribution in [0.2, 0.25) is 0 Å². The van der Waals surface area contributed by atoms with Gasteiger partial charge in [-0.05, 0) is 6.92 Å². The van der Waals surface area contributed by atoms with E-state index in [1.54, 1.807) is 0 Å². The Morgan fingerprint density at radius 3 is 2.70 bits per heavy atom. The van der Waals surface area contributed by atoms with Crippen molar-refractivity contribution in [3.05, 3.63) is 0 Å². The maximum atomic E-state index is 5.52.